The van der Waals surface area contributed by atoms with E-state index in [0.717, 1.165) is 0 Å². The first-order valence-corrected chi connectivity index (χ1v) is 21.2. The zero-order chi connectivity index (χ0) is 44.5. The number of allylic oxidation sites excluding steroid dienone is 3. The van der Waals surface area contributed by atoms with E-state index in [1.54, 1.807) is 20.3 Å². The predicted molar refractivity (Wildman–Crippen MR) is 217 cm³/mol. The van der Waals surface area contributed by atoms with Crippen molar-refractivity contribution in [3.8, 4) is 0 Å². The number of Topliss-reactive ketones (excluding diaryl/α,β-unsaturated/α-hetero) is 1. The molecule has 0 unspecified atom stereocenters. The molecule has 4 aliphatic rings. The van der Waals surface area contributed by atoms with Crippen LogP contribution in [0.25, 0.3) is 0 Å². The summed E-state index contributed by atoms with van der Waals surface area (Å²) in [6.45, 7) is 14.6. The van der Waals surface area contributed by atoms with E-state index >= 15 is 0 Å². The van der Waals surface area contributed by atoms with E-state index < -0.39 is 115 Å². The third kappa shape index (κ3) is 12.4. The lowest BCUT2D eigenvalue weighted by Crippen LogP contribution is -2.64. The number of cyclic esters (lactones) is 1. The summed E-state index contributed by atoms with van der Waals surface area (Å²) in [6.07, 6.45) is -3.80. The lowest BCUT2D eigenvalue weighted by molar-refractivity contribution is -0.358. The van der Waals surface area contributed by atoms with Crippen LogP contribution in [0.3, 0.4) is 0 Å². The fraction of sp³-hybridized carbons (Fsp3) is 0.841. The molecule has 0 saturated carbocycles. The van der Waals surface area contributed by atoms with Gasteiger partial charge >= 0.3 is 11.9 Å². The zero-order valence-electron chi connectivity index (χ0n) is 37.8. The Hall–Kier alpha value is -2.35. The molecule has 16 heteroatoms. The summed E-state index contributed by atoms with van der Waals surface area (Å²) in [5.41, 5.74) is -0.930. The van der Waals surface area contributed by atoms with Gasteiger partial charge in [-0.2, -0.15) is 0 Å². The summed E-state index contributed by atoms with van der Waals surface area (Å²) in [5.74, 6) is -1.73. The van der Waals surface area contributed by atoms with Crippen molar-refractivity contribution in [3.05, 3.63) is 24.3 Å². The Morgan fingerprint density at radius 1 is 0.800 bits per heavy atom. The molecular weight excluding hydrogens is 784 g/mol. The van der Waals surface area contributed by atoms with Crippen LogP contribution < -0.4 is 0 Å². The van der Waals surface area contributed by atoms with Gasteiger partial charge in [-0.1, -0.05) is 59.8 Å². The maximum Gasteiger partial charge on any atom is 0.309 e. The molecule has 344 valence electrons. The number of ketones is 1. The Labute approximate surface area is 356 Å². The number of hydrogen-bond donors (Lipinski definition) is 1. The molecule has 0 amide bonds. The summed E-state index contributed by atoms with van der Waals surface area (Å²) in [4.78, 5) is 40.2. The lowest BCUT2D eigenvalue weighted by Gasteiger charge is -2.48. The van der Waals surface area contributed by atoms with Gasteiger partial charge in [0.15, 0.2) is 24.5 Å². The molecule has 60 heavy (non-hydrogen) atoms. The molecule has 0 aromatic carbocycles. The number of fused-ring (bicyclic) bond motifs is 2. The lowest BCUT2D eigenvalue weighted by atomic mass is 9.75. The zero-order valence-corrected chi connectivity index (χ0v) is 37.8. The number of aliphatic hydroxyl groups is 1. The van der Waals surface area contributed by atoms with Crippen molar-refractivity contribution < 1.29 is 76.3 Å². The molecule has 2 bridgehead atoms. The number of rotatable bonds is 13. The minimum absolute atomic E-state index is 0.0216. The third-order valence-electron chi connectivity index (χ3n) is 12.4. The predicted octanol–water partition coefficient (Wildman–Crippen LogP) is 4.11. The molecule has 0 aromatic heterocycles. The molecule has 0 spiro atoms. The highest BCUT2D eigenvalue weighted by Crippen LogP contribution is 2.39. The highest BCUT2D eigenvalue weighted by atomic mass is 16.8. The quantitative estimate of drug-likeness (QED) is 0.206. The average Bonchev–Trinajstić information content (AvgIpc) is 3.17. The number of carbonyl (C=O) groups excluding carboxylic acids is 3. The molecule has 0 radical (unpaired) electrons. The van der Waals surface area contributed by atoms with Crippen LogP contribution in [0.5, 0.6) is 0 Å². The van der Waals surface area contributed by atoms with E-state index in [1.807, 2.05) is 52.8 Å². The first-order chi connectivity index (χ1) is 28.4. The maximum atomic E-state index is 14.0. The van der Waals surface area contributed by atoms with E-state index in [1.165, 1.54) is 28.3 Å². The first-order valence-electron chi connectivity index (χ1n) is 21.2. The van der Waals surface area contributed by atoms with Crippen LogP contribution in [-0.2, 0) is 71.2 Å². The second-order valence-corrected chi connectivity index (χ2v) is 17.5. The largest absolute Gasteiger partial charge is 0.457 e. The number of ether oxygens (including phenoxy) is 12. The van der Waals surface area contributed by atoms with Crippen LogP contribution >= 0.6 is 0 Å². The summed E-state index contributed by atoms with van der Waals surface area (Å²) in [5, 5.41) is 11.6. The van der Waals surface area contributed by atoms with Gasteiger partial charge in [-0.3, -0.25) is 14.4 Å². The smallest absolute Gasteiger partial charge is 0.309 e. The second-order valence-electron chi connectivity index (χ2n) is 17.5. The monoisotopic (exact) mass is 856 g/mol. The van der Waals surface area contributed by atoms with E-state index in [2.05, 4.69) is 13.8 Å². The summed E-state index contributed by atoms with van der Waals surface area (Å²) in [7, 11) is 7.59. The molecule has 4 rings (SSSR count). The number of aliphatic hydroxyl groups excluding tert-OH is 1. The molecule has 4 aliphatic heterocycles. The second kappa shape index (κ2) is 22.8. The van der Waals surface area contributed by atoms with E-state index in [4.69, 9.17) is 56.8 Å². The topological polar surface area (TPSA) is 182 Å². The fourth-order valence-electron chi connectivity index (χ4n) is 8.76. The first kappa shape index (κ1) is 50.3. The van der Waals surface area contributed by atoms with Crippen molar-refractivity contribution in [2.45, 2.75) is 173 Å². The van der Waals surface area contributed by atoms with Gasteiger partial charge < -0.3 is 61.9 Å². The number of carbonyl (C=O) groups is 3. The molecule has 4 fully saturated rings. The number of hydrogen-bond acceptors (Lipinski definition) is 16. The van der Waals surface area contributed by atoms with Gasteiger partial charge in [-0.15, -0.1) is 0 Å². The Kier molecular flexibility index (Phi) is 19.1. The van der Waals surface area contributed by atoms with Gasteiger partial charge in [0.2, 0.25) is 0 Å². The van der Waals surface area contributed by atoms with Gasteiger partial charge in [0.05, 0.1) is 43.5 Å². The van der Waals surface area contributed by atoms with Crippen molar-refractivity contribution in [3.63, 3.8) is 0 Å². The van der Waals surface area contributed by atoms with Crippen molar-refractivity contribution >= 4 is 17.7 Å². The van der Waals surface area contributed by atoms with Gasteiger partial charge in [0.1, 0.15) is 42.7 Å². The van der Waals surface area contributed by atoms with E-state index in [0.29, 0.717) is 5.92 Å². The van der Waals surface area contributed by atoms with Crippen molar-refractivity contribution in [2.75, 3.05) is 42.2 Å². The normalized spacial score (nSPS) is 41.0. The van der Waals surface area contributed by atoms with Crippen LogP contribution in [0.1, 0.15) is 81.1 Å². The van der Waals surface area contributed by atoms with Crippen LogP contribution in [0, 0.1) is 23.2 Å². The molecule has 4 saturated heterocycles. The van der Waals surface area contributed by atoms with Crippen molar-refractivity contribution in [1.82, 2.24) is 0 Å². The summed E-state index contributed by atoms with van der Waals surface area (Å²) in [6, 6.07) is 0. The fourth-order valence-corrected chi connectivity index (χ4v) is 8.76. The van der Waals surface area contributed by atoms with Crippen LogP contribution in [0.15, 0.2) is 24.3 Å². The summed E-state index contributed by atoms with van der Waals surface area (Å²) >= 11 is 0. The van der Waals surface area contributed by atoms with Crippen molar-refractivity contribution in [2.24, 2.45) is 23.2 Å². The van der Waals surface area contributed by atoms with Crippen LogP contribution in [0.2, 0.25) is 0 Å². The Bertz CT molecular complexity index is 1430. The molecule has 0 aromatic rings. The minimum atomic E-state index is -1.05. The standard InChI is InChI=1S/C44H72O16/c1-23(2)16-14-15-17-34-44(7,8)33(47)18-24(3)36(49-9)29(46)19-28-20-30(25(4)31(57-28)21-35(48)59-34)58-42-40(52-12)38(32(22-54-42)56-27(6)45)60-43-41(53-13)39(51-11)37(50-10)26(5)55-43/h14-17,23-26,28,30-34,36-43,47H,18-22H2,1-13H3/b16-14+,17-15+/t24-,25-,26+,28-,30+,31+,32-,33-,34-,36-,37-,38+,39-,40-,41+,42+,43+/m1/s1. The Balaban J connectivity index is 1.65. The molecule has 17 atom stereocenters. The number of methoxy groups -OCH3 is 5. The third-order valence-corrected chi connectivity index (χ3v) is 12.4. The van der Waals surface area contributed by atoms with Gasteiger partial charge in [0.25, 0.3) is 0 Å². The summed E-state index contributed by atoms with van der Waals surface area (Å²) < 4.78 is 73.3. The van der Waals surface area contributed by atoms with Crippen LogP contribution in [0.4, 0.5) is 0 Å². The Morgan fingerprint density at radius 3 is 2.05 bits per heavy atom. The highest BCUT2D eigenvalue weighted by molar-refractivity contribution is 5.84. The van der Waals surface area contributed by atoms with Gasteiger partial charge in [-0.05, 0) is 31.3 Å². The minimum Gasteiger partial charge on any atom is -0.457 e. The molecular formula is C44H72O16. The SMILES string of the molecule is CO[C@H]1[C@H](OC)[C@H](O[C@@H]2[C@@H](OC)[C@H](O[C@H]3C[C@H]4CC(=O)[C@H](OC)[C@H](C)C[C@@H](O)C(C)(C)[C@@H](/C=C/C=C/C(C)C)OC(=O)C[C@H](O4)[C@@H]3C)OC[C@H]2OC(C)=O)O[C@@H](C)[C@H]1OC. The Morgan fingerprint density at radius 2 is 1.45 bits per heavy atom. The molecule has 0 aliphatic carbocycles. The van der Waals surface area contributed by atoms with E-state index in [-0.39, 0.29) is 44.0 Å². The van der Waals surface area contributed by atoms with E-state index in [9.17, 15) is 19.5 Å². The van der Waals surface area contributed by atoms with Gasteiger partial charge in [-0.25, -0.2) is 0 Å². The average molecular weight is 857 g/mol. The maximum absolute atomic E-state index is 14.0. The number of esters is 2. The van der Waals surface area contributed by atoms with Crippen LogP contribution in [-0.4, -0.2) is 157 Å². The van der Waals surface area contributed by atoms with Crippen molar-refractivity contribution in [1.29, 1.82) is 0 Å². The highest BCUT2D eigenvalue weighted by Gasteiger charge is 2.53. The molecule has 4 heterocycles. The molecule has 1 N–H and O–H groups in total. The molecule has 16 nitrogen and oxygen atoms in total. The van der Waals surface area contributed by atoms with Gasteiger partial charge in [0, 0.05) is 66.6 Å².